The predicted octanol–water partition coefficient (Wildman–Crippen LogP) is -0.170. The second kappa shape index (κ2) is 6.28. The molecular weight excluding hydrogens is 170 g/mol. The van der Waals surface area contributed by atoms with Crippen LogP contribution >= 0.6 is 0 Å². The molecule has 3 N–H and O–H groups in total. The molecule has 0 saturated carbocycles. The zero-order chi connectivity index (χ0) is 10.3. The number of nitrogens with one attached hydrogen (secondary N) is 3. The number of hydrogen-bond acceptors (Lipinski definition) is 2. The Bertz CT molecular complexity index is 180. The molecule has 0 aromatic carbocycles. The van der Waals surface area contributed by atoms with Gasteiger partial charge in [0.25, 0.3) is 0 Å². The number of hydrogen-bond donors (Lipinski definition) is 3. The average molecular weight is 187 g/mol. The fourth-order valence-corrected chi connectivity index (χ4v) is 0.757. The molecule has 0 aliphatic heterocycles. The van der Waals surface area contributed by atoms with E-state index >= 15 is 0 Å². The Morgan fingerprint density at radius 1 is 1.23 bits per heavy atom. The Kier molecular flexibility index (Phi) is 5.67. The number of carbonyl (C=O) groups excluding carboxylic acids is 2. The Morgan fingerprint density at radius 3 is 2.31 bits per heavy atom. The van der Waals surface area contributed by atoms with E-state index in [1.807, 2.05) is 20.8 Å². The monoisotopic (exact) mass is 187 g/mol. The summed E-state index contributed by atoms with van der Waals surface area (Å²) < 4.78 is 0. The molecule has 0 aliphatic carbocycles. The van der Waals surface area contributed by atoms with E-state index < -0.39 is 0 Å². The van der Waals surface area contributed by atoms with Crippen LogP contribution < -0.4 is 16.0 Å². The summed E-state index contributed by atoms with van der Waals surface area (Å²) in [7, 11) is 0. The first-order chi connectivity index (χ1) is 6.06. The van der Waals surface area contributed by atoms with E-state index in [4.69, 9.17) is 0 Å². The standard InChI is InChI=1S/C8H17N3O2/c1-4-9-8(13)10-5-7(12)11-6(2)3/h6H,4-5H2,1-3H3,(H,11,12)(H2,9,10,13). The van der Waals surface area contributed by atoms with Crippen LogP contribution in [-0.4, -0.2) is 31.1 Å². The first-order valence-corrected chi connectivity index (χ1v) is 4.37. The van der Waals surface area contributed by atoms with Crippen molar-refractivity contribution < 1.29 is 9.59 Å². The van der Waals surface area contributed by atoms with E-state index in [-0.39, 0.29) is 24.5 Å². The van der Waals surface area contributed by atoms with Crippen LogP contribution in [-0.2, 0) is 4.79 Å². The molecule has 0 radical (unpaired) electrons. The summed E-state index contributed by atoms with van der Waals surface area (Å²) in [6.45, 7) is 6.11. The van der Waals surface area contributed by atoms with Crippen molar-refractivity contribution in [2.24, 2.45) is 0 Å². The second-order valence-corrected chi connectivity index (χ2v) is 2.94. The molecule has 0 rings (SSSR count). The minimum Gasteiger partial charge on any atom is -0.352 e. The molecule has 0 aromatic heterocycles. The molecule has 13 heavy (non-hydrogen) atoms. The number of carbonyl (C=O) groups is 2. The van der Waals surface area contributed by atoms with Gasteiger partial charge in [-0.15, -0.1) is 0 Å². The zero-order valence-electron chi connectivity index (χ0n) is 8.31. The van der Waals surface area contributed by atoms with E-state index in [0.717, 1.165) is 0 Å². The summed E-state index contributed by atoms with van der Waals surface area (Å²) in [5, 5.41) is 7.61. The summed E-state index contributed by atoms with van der Waals surface area (Å²) in [4.78, 5) is 21.8. The summed E-state index contributed by atoms with van der Waals surface area (Å²) in [6.07, 6.45) is 0. The van der Waals surface area contributed by atoms with Gasteiger partial charge in [0.15, 0.2) is 0 Å². The van der Waals surface area contributed by atoms with Gasteiger partial charge in [-0.05, 0) is 20.8 Å². The first kappa shape index (κ1) is 11.7. The molecule has 0 saturated heterocycles. The highest BCUT2D eigenvalue weighted by molar-refractivity contribution is 5.83. The molecule has 5 heteroatoms. The lowest BCUT2D eigenvalue weighted by atomic mass is 10.4. The van der Waals surface area contributed by atoms with Gasteiger partial charge in [-0.25, -0.2) is 4.79 Å². The topological polar surface area (TPSA) is 70.2 Å². The van der Waals surface area contributed by atoms with Gasteiger partial charge < -0.3 is 16.0 Å². The van der Waals surface area contributed by atoms with E-state index in [9.17, 15) is 9.59 Å². The van der Waals surface area contributed by atoms with E-state index in [1.165, 1.54) is 0 Å². The number of rotatable bonds is 4. The Morgan fingerprint density at radius 2 is 1.85 bits per heavy atom. The van der Waals surface area contributed by atoms with E-state index in [1.54, 1.807) is 0 Å². The smallest absolute Gasteiger partial charge is 0.315 e. The van der Waals surface area contributed by atoms with Crippen LogP contribution in [0.5, 0.6) is 0 Å². The fourth-order valence-electron chi connectivity index (χ4n) is 0.757. The van der Waals surface area contributed by atoms with Crippen LogP contribution in [0, 0.1) is 0 Å². The molecule has 0 spiro atoms. The summed E-state index contributed by atoms with van der Waals surface area (Å²) >= 11 is 0. The molecule has 76 valence electrons. The van der Waals surface area contributed by atoms with Gasteiger partial charge in [0.2, 0.25) is 5.91 Å². The van der Waals surface area contributed by atoms with E-state index in [0.29, 0.717) is 6.54 Å². The lowest BCUT2D eigenvalue weighted by Gasteiger charge is -2.09. The van der Waals surface area contributed by atoms with Crippen LogP contribution in [0.25, 0.3) is 0 Å². The number of amides is 3. The highest BCUT2D eigenvalue weighted by Crippen LogP contribution is 1.75. The highest BCUT2D eigenvalue weighted by Gasteiger charge is 2.04. The average Bonchev–Trinajstić information content (AvgIpc) is 2.00. The lowest BCUT2D eigenvalue weighted by molar-refractivity contribution is -0.120. The van der Waals surface area contributed by atoms with Gasteiger partial charge in [-0.3, -0.25) is 4.79 Å². The molecule has 5 nitrogen and oxygen atoms in total. The zero-order valence-corrected chi connectivity index (χ0v) is 8.31. The maximum atomic E-state index is 11.0. The molecule has 0 aromatic rings. The fraction of sp³-hybridized carbons (Fsp3) is 0.750. The minimum atomic E-state index is -0.318. The Balaban J connectivity index is 3.52. The normalized spacial score (nSPS) is 9.54. The Labute approximate surface area is 78.3 Å². The van der Waals surface area contributed by atoms with Gasteiger partial charge in [-0.2, -0.15) is 0 Å². The second-order valence-electron chi connectivity index (χ2n) is 2.94. The third kappa shape index (κ3) is 7.11. The van der Waals surface area contributed by atoms with Crippen molar-refractivity contribution in [2.45, 2.75) is 26.8 Å². The van der Waals surface area contributed by atoms with Crippen molar-refractivity contribution in [3.05, 3.63) is 0 Å². The molecule has 0 aliphatic rings. The summed E-state index contributed by atoms with van der Waals surface area (Å²) in [6, 6.07) is -0.218. The van der Waals surface area contributed by atoms with Crippen LogP contribution in [0.4, 0.5) is 4.79 Å². The highest BCUT2D eigenvalue weighted by atomic mass is 16.2. The first-order valence-electron chi connectivity index (χ1n) is 4.37. The molecule has 0 fully saturated rings. The molecule has 0 heterocycles. The van der Waals surface area contributed by atoms with Crippen molar-refractivity contribution in [2.75, 3.05) is 13.1 Å². The third-order valence-corrected chi connectivity index (χ3v) is 1.20. The van der Waals surface area contributed by atoms with Gasteiger partial charge >= 0.3 is 6.03 Å². The molecule has 0 bridgehead atoms. The summed E-state index contributed by atoms with van der Waals surface area (Å²) in [5.74, 6) is -0.179. The van der Waals surface area contributed by atoms with Crippen molar-refractivity contribution in [1.82, 2.24) is 16.0 Å². The van der Waals surface area contributed by atoms with Crippen LogP contribution in [0.2, 0.25) is 0 Å². The third-order valence-electron chi connectivity index (χ3n) is 1.20. The Hall–Kier alpha value is -1.26. The van der Waals surface area contributed by atoms with Crippen molar-refractivity contribution in [3.8, 4) is 0 Å². The van der Waals surface area contributed by atoms with Crippen molar-refractivity contribution in [1.29, 1.82) is 0 Å². The van der Waals surface area contributed by atoms with Gasteiger partial charge in [-0.1, -0.05) is 0 Å². The van der Waals surface area contributed by atoms with Gasteiger partial charge in [0.05, 0.1) is 6.54 Å². The van der Waals surface area contributed by atoms with Crippen LogP contribution in [0.15, 0.2) is 0 Å². The molecule has 0 unspecified atom stereocenters. The lowest BCUT2D eigenvalue weighted by Crippen LogP contribution is -2.43. The number of urea groups is 1. The minimum absolute atomic E-state index is 0.0179. The predicted molar refractivity (Wildman–Crippen MR) is 50.4 cm³/mol. The quantitative estimate of drug-likeness (QED) is 0.572. The largest absolute Gasteiger partial charge is 0.352 e. The van der Waals surface area contributed by atoms with Gasteiger partial charge in [0, 0.05) is 12.6 Å². The molecule has 3 amide bonds. The maximum Gasteiger partial charge on any atom is 0.315 e. The van der Waals surface area contributed by atoms with Crippen molar-refractivity contribution in [3.63, 3.8) is 0 Å². The van der Waals surface area contributed by atoms with Crippen molar-refractivity contribution >= 4 is 11.9 Å². The van der Waals surface area contributed by atoms with Crippen LogP contribution in [0.1, 0.15) is 20.8 Å². The molecule has 0 atom stereocenters. The van der Waals surface area contributed by atoms with Gasteiger partial charge in [0.1, 0.15) is 0 Å². The summed E-state index contributed by atoms with van der Waals surface area (Å²) in [5.41, 5.74) is 0. The maximum absolute atomic E-state index is 11.0. The van der Waals surface area contributed by atoms with E-state index in [2.05, 4.69) is 16.0 Å². The molecular formula is C8H17N3O2. The van der Waals surface area contributed by atoms with Crippen LogP contribution in [0.3, 0.4) is 0 Å². The SMILES string of the molecule is CCNC(=O)NCC(=O)NC(C)C.